The molecule has 2 aromatic carbocycles. The molecule has 5 heteroatoms. The van der Waals surface area contributed by atoms with Crippen molar-refractivity contribution in [3.05, 3.63) is 61.1 Å². The quantitative estimate of drug-likeness (QED) is 0.660. The molecular formula is C17H17BrINO2. The second-order valence-electron chi connectivity index (χ2n) is 4.95. The number of amides is 1. The highest BCUT2D eigenvalue weighted by Gasteiger charge is 2.11. The van der Waals surface area contributed by atoms with Crippen LogP contribution >= 0.6 is 38.5 Å². The van der Waals surface area contributed by atoms with Gasteiger partial charge in [-0.3, -0.25) is 4.79 Å². The van der Waals surface area contributed by atoms with Gasteiger partial charge in [-0.2, -0.15) is 0 Å². The third kappa shape index (κ3) is 4.46. The lowest BCUT2D eigenvalue weighted by atomic mass is 10.0. The topological polar surface area (TPSA) is 38.3 Å². The Morgan fingerprint density at radius 2 is 2.09 bits per heavy atom. The fraction of sp³-hybridized carbons (Fsp3) is 0.235. The lowest BCUT2D eigenvalue weighted by Crippen LogP contribution is -2.21. The van der Waals surface area contributed by atoms with Crippen LogP contribution in [-0.4, -0.2) is 13.0 Å². The molecule has 0 aliphatic carbocycles. The molecule has 0 aliphatic rings. The maximum absolute atomic E-state index is 11.6. The van der Waals surface area contributed by atoms with Gasteiger partial charge >= 0.3 is 0 Å². The van der Waals surface area contributed by atoms with E-state index in [1.54, 1.807) is 7.05 Å². The van der Waals surface area contributed by atoms with Crippen LogP contribution in [0.2, 0.25) is 0 Å². The van der Waals surface area contributed by atoms with Crippen molar-refractivity contribution >= 4 is 44.4 Å². The molecule has 0 saturated carbocycles. The van der Waals surface area contributed by atoms with Crippen molar-refractivity contribution in [2.24, 2.45) is 0 Å². The maximum Gasteiger partial charge on any atom is 0.224 e. The highest BCUT2D eigenvalue weighted by molar-refractivity contribution is 14.1. The minimum Gasteiger partial charge on any atom is -0.488 e. The molecule has 0 radical (unpaired) electrons. The van der Waals surface area contributed by atoms with Gasteiger partial charge in [0, 0.05) is 16.2 Å². The molecule has 3 nitrogen and oxygen atoms in total. The van der Waals surface area contributed by atoms with E-state index in [1.807, 2.05) is 43.3 Å². The van der Waals surface area contributed by atoms with E-state index in [-0.39, 0.29) is 5.91 Å². The van der Waals surface area contributed by atoms with Gasteiger partial charge in [0.05, 0.1) is 10.9 Å². The number of halogens is 2. The average molecular weight is 474 g/mol. The summed E-state index contributed by atoms with van der Waals surface area (Å²) in [6, 6.07) is 12.0. The molecule has 0 aliphatic heterocycles. The first-order chi connectivity index (χ1) is 10.5. The normalized spacial score (nSPS) is 10.4. The van der Waals surface area contributed by atoms with Crippen LogP contribution in [0.5, 0.6) is 5.75 Å². The highest BCUT2D eigenvalue weighted by atomic mass is 127. The second kappa shape index (κ2) is 7.97. The summed E-state index contributed by atoms with van der Waals surface area (Å²) in [6.07, 6.45) is 0.362. The molecule has 1 N–H and O–H groups in total. The summed E-state index contributed by atoms with van der Waals surface area (Å²) in [5.74, 6) is 0.802. The largest absolute Gasteiger partial charge is 0.488 e. The molecule has 0 heterocycles. The monoisotopic (exact) mass is 473 g/mol. The van der Waals surface area contributed by atoms with Crippen molar-refractivity contribution in [2.75, 3.05) is 7.05 Å². The Morgan fingerprint density at radius 1 is 1.32 bits per heavy atom. The van der Waals surface area contributed by atoms with Crippen LogP contribution in [0, 0.1) is 10.5 Å². The third-order valence-corrected chi connectivity index (χ3v) is 4.94. The van der Waals surface area contributed by atoms with Gasteiger partial charge in [-0.25, -0.2) is 0 Å². The number of benzene rings is 2. The maximum atomic E-state index is 11.6. The van der Waals surface area contributed by atoms with E-state index in [9.17, 15) is 4.79 Å². The molecular weight excluding hydrogens is 457 g/mol. The van der Waals surface area contributed by atoms with Crippen LogP contribution in [0.3, 0.4) is 0 Å². The first-order valence-electron chi connectivity index (χ1n) is 6.87. The van der Waals surface area contributed by atoms with Gasteiger partial charge in [-0.05, 0) is 74.8 Å². The molecule has 0 bridgehead atoms. The average Bonchev–Trinajstić information content (AvgIpc) is 2.48. The van der Waals surface area contributed by atoms with Crippen LogP contribution in [-0.2, 0) is 17.8 Å². The second-order valence-corrected chi connectivity index (χ2v) is 6.97. The lowest BCUT2D eigenvalue weighted by molar-refractivity contribution is -0.119. The number of likely N-dealkylation sites (N-methyl/N-ethyl adjacent to an activating group) is 1. The third-order valence-electron chi connectivity index (χ3n) is 3.31. The van der Waals surface area contributed by atoms with Gasteiger partial charge < -0.3 is 10.1 Å². The molecule has 116 valence electrons. The van der Waals surface area contributed by atoms with Gasteiger partial charge in [0.25, 0.3) is 0 Å². The highest BCUT2D eigenvalue weighted by Crippen LogP contribution is 2.28. The van der Waals surface area contributed by atoms with E-state index in [1.165, 1.54) is 5.56 Å². The Kier molecular flexibility index (Phi) is 6.26. The fourth-order valence-electron chi connectivity index (χ4n) is 2.06. The predicted octanol–water partition coefficient (Wildman–Crippen LogP) is 4.23. The van der Waals surface area contributed by atoms with Crippen molar-refractivity contribution in [3.8, 4) is 5.75 Å². The molecule has 0 unspecified atom stereocenters. The zero-order chi connectivity index (χ0) is 16.1. The number of rotatable bonds is 5. The van der Waals surface area contributed by atoms with Gasteiger partial charge in [-0.1, -0.05) is 18.2 Å². The number of hydrogen-bond acceptors (Lipinski definition) is 2. The van der Waals surface area contributed by atoms with Gasteiger partial charge in [0.15, 0.2) is 0 Å². The van der Waals surface area contributed by atoms with Crippen LogP contribution in [0.1, 0.15) is 16.7 Å². The van der Waals surface area contributed by atoms with Crippen molar-refractivity contribution in [1.29, 1.82) is 0 Å². The Bertz CT molecular complexity index is 688. The summed E-state index contributed by atoms with van der Waals surface area (Å²) in [5.41, 5.74) is 3.22. The van der Waals surface area contributed by atoms with E-state index >= 15 is 0 Å². The van der Waals surface area contributed by atoms with Crippen LogP contribution in [0.25, 0.3) is 0 Å². The number of carbonyl (C=O) groups is 1. The van der Waals surface area contributed by atoms with Crippen molar-refractivity contribution < 1.29 is 9.53 Å². The summed E-state index contributed by atoms with van der Waals surface area (Å²) >= 11 is 5.80. The molecule has 2 aromatic rings. The Labute approximate surface area is 152 Å². The molecule has 0 saturated heterocycles. The van der Waals surface area contributed by atoms with Crippen molar-refractivity contribution in [1.82, 2.24) is 5.32 Å². The minimum atomic E-state index is -0.000216. The Morgan fingerprint density at radius 3 is 2.77 bits per heavy atom. The zero-order valence-corrected chi connectivity index (χ0v) is 16.2. The standard InChI is InChI=1S/C17H17BrINO2/c1-11-6-7-16(14(18)8-11)22-10-13-12(9-17(21)20-2)4-3-5-15(13)19/h3-8H,9-10H2,1-2H3,(H,20,21). The van der Waals surface area contributed by atoms with Gasteiger partial charge in [0.1, 0.15) is 12.4 Å². The molecule has 1 amide bonds. The fourth-order valence-corrected chi connectivity index (χ4v) is 3.38. The summed E-state index contributed by atoms with van der Waals surface area (Å²) in [6.45, 7) is 2.48. The number of aryl methyl sites for hydroxylation is 1. The van der Waals surface area contributed by atoms with Gasteiger partial charge in [0.2, 0.25) is 5.91 Å². The van der Waals surface area contributed by atoms with Crippen molar-refractivity contribution in [3.63, 3.8) is 0 Å². The first-order valence-corrected chi connectivity index (χ1v) is 8.74. The molecule has 0 fully saturated rings. The zero-order valence-electron chi connectivity index (χ0n) is 12.5. The Balaban J connectivity index is 2.19. The molecule has 0 spiro atoms. The smallest absolute Gasteiger partial charge is 0.224 e. The first kappa shape index (κ1) is 17.3. The minimum absolute atomic E-state index is 0.000216. The summed E-state index contributed by atoms with van der Waals surface area (Å²) in [5, 5.41) is 2.66. The van der Waals surface area contributed by atoms with E-state index < -0.39 is 0 Å². The molecule has 0 atom stereocenters. The summed E-state index contributed by atoms with van der Waals surface area (Å²) in [7, 11) is 1.65. The van der Waals surface area contributed by atoms with Gasteiger partial charge in [-0.15, -0.1) is 0 Å². The number of hydrogen-bond donors (Lipinski definition) is 1. The SMILES string of the molecule is CNC(=O)Cc1cccc(I)c1COc1ccc(C)cc1Br. The number of carbonyl (C=O) groups excluding carboxylic acids is 1. The van der Waals surface area contributed by atoms with E-state index in [2.05, 4.69) is 43.8 Å². The van der Waals surface area contributed by atoms with Crippen LogP contribution in [0.15, 0.2) is 40.9 Å². The van der Waals surface area contributed by atoms with Crippen LogP contribution in [0.4, 0.5) is 0 Å². The Hall–Kier alpha value is -1.08. The number of ether oxygens (including phenoxy) is 1. The molecule has 0 aromatic heterocycles. The van der Waals surface area contributed by atoms with Crippen molar-refractivity contribution in [2.45, 2.75) is 20.0 Å². The lowest BCUT2D eigenvalue weighted by Gasteiger charge is -2.14. The van der Waals surface area contributed by atoms with Crippen LogP contribution < -0.4 is 10.1 Å². The molecule has 22 heavy (non-hydrogen) atoms. The predicted molar refractivity (Wildman–Crippen MR) is 100 cm³/mol. The van der Waals surface area contributed by atoms with E-state index in [4.69, 9.17) is 4.74 Å². The summed E-state index contributed by atoms with van der Waals surface area (Å²) < 4.78 is 7.97. The summed E-state index contributed by atoms with van der Waals surface area (Å²) in [4.78, 5) is 11.6. The van der Waals surface area contributed by atoms with E-state index in [0.29, 0.717) is 13.0 Å². The molecule has 2 rings (SSSR count). The number of nitrogens with one attached hydrogen (secondary N) is 1. The van der Waals surface area contributed by atoms with E-state index in [0.717, 1.165) is 24.9 Å².